The van der Waals surface area contributed by atoms with Gasteiger partial charge in [0.15, 0.2) is 0 Å². The fraction of sp³-hybridized carbons (Fsp3) is 0.643. The Hall–Kier alpha value is -1.65. The van der Waals surface area contributed by atoms with Gasteiger partial charge in [0.1, 0.15) is 11.3 Å². The highest BCUT2D eigenvalue weighted by Crippen LogP contribution is 2.24. The highest BCUT2D eigenvalue weighted by molar-refractivity contribution is 6.45. The standard InChI is InChI=1S/C14H21NO4/c1-7-18-12(16)10-8(2)11(15-9(10)3)13(17)19-14(4,5)6/h9H,7H2,1-6H3/t9-/m1/s1. The van der Waals surface area contributed by atoms with Crippen LogP contribution >= 0.6 is 0 Å². The molecule has 0 unspecified atom stereocenters. The Balaban J connectivity index is 2.97. The summed E-state index contributed by atoms with van der Waals surface area (Å²) < 4.78 is 10.2. The van der Waals surface area contributed by atoms with Crippen LogP contribution in [-0.4, -0.2) is 35.9 Å². The molecule has 1 aliphatic rings. The van der Waals surface area contributed by atoms with E-state index in [9.17, 15) is 9.59 Å². The van der Waals surface area contributed by atoms with Crippen LogP contribution in [0.4, 0.5) is 0 Å². The minimum Gasteiger partial charge on any atom is -0.463 e. The number of carbonyl (C=O) groups is 2. The molecular formula is C14H21NO4. The van der Waals surface area contributed by atoms with E-state index in [-0.39, 0.29) is 11.8 Å². The molecule has 1 aliphatic heterocycles. The number of aliphatic imine (C=N–C) groups is 1. The molecule has 0 saturated carbocycles. The first-order valence-electron chi connectivity index (χ1n) is 6.36. The minimum atomic E-state index is -0.587. The number of nitrogens with zero attached hydrogens (tertiary/aromatic N) is 1. The zero-order chi connectivity index (χ0) is 14.8. The van der Waals surface area contributed by atoms with E-state index in [1.165, 1.54) is 0 Å². The van der Waals surface area contributed by atoms with Crippen LogP contribution in [0.1, 0.15) is 41.5 Å². The topological polar surface area (TPSA) is 65.0 Å². The summed E-state index contributed by atoms with van der Waals surface area (Å²) in [5, 5.41) is 0. The Morgan fingerprint density at radius 2 is 1.84 bits per heavy atom. The molecule has 106 valence electrons. The Kier molecular flexibility index (Phi) is 4.50. The third-order valence-corrected chi connectivity index (χ3v) is 2.59. The van der Waals surface area contributed by atoms with Crippen molar-refractivity contribution in [1.82, 2.24) is 0 Å². The maximum atomic E-state index is 12.0. The van der Waals surface area contributed by atoms with Gasteiger partial charge in [-0.1, -0.05) is 0 Å². The zero-order valence-electron chi connectivity index (χ0n) is 12.4. The van der Waals surface area contributed by atoms with Gasteiger partial charge >= 0.3 is 11.9 Å². The first kappa shape index (κ1) is 15.4. The first-order valence-corrected chi connectivity index (χ1v) is 6.36. The second-order valence-corrected chi connectivity index (χ2v) is 5.41. The second-order valence-electron chi connectivity index (χ2n) is 5.41. The lowest BCUT2D eigenvalue weighted by atomic mass is 10.0. The predicted molar refractivity (Wildman–Crippen MR) is 72.1 cm³/mol. The van der Waals surface area contributed by atoms with E-state index < -0.39 is 17.5 Å². The van der Waals surface area contributed by atoms with E-state index in [0.29, 0.717) is 17.8 Å². The number of esters is 2. The van der Waals surface area contributed by atoms with E-state index in [2.05, 4.69) is 4.99 Å². The monoisotopic (exact) mass is 267 g/mol. The molecule has 19 heavy (non-hydrogen) atoms. The van der Waals surface area contributed by atoms with Gasteiger partial charge in [-0.15, -0.1) is 0 Å². The van der Waals surface area contributed by atoms with Gasteiger partial charge in [-0.3, -0.25) is 4.99 Å². The van der Waals surface area contributed by atoms with Crippen molar-refractivity contribution in [3.63, 3.8) is 0 Å². The minimum absolute atomic E-state index is 0.213. The van der Waals surface area contributed by atoms with Gasteiger partial charge in [-0.05, 0) is 47.1 Å². The smallest absolute Gasteiger partial charge is 0.357 e. The van der Waals surface area contributed by atoms with Gasteiger partial charge in [0.05, 0.1) is 18.2 Å². The number of hydrogen-bond donors (Lipinski definition) is 0. The van der Waals surface area contributed by atoms with Gasteiger partial charge in [0.25, 0.3) is 0 Å². The van der Waals surface area contributed by atoms with E-state index in [1.807, 2.05) is 0 Å². The predicted octanol–water partition coefficient (Wildman–Crippen LogP) is 2.05. The molecule has 0 amide bonds. The van der Waals surface area contributed by atoms with Crippen LogP contribution in [0.15, 0.2) is 16.1 Å². The van der Waals surface area contributed by atoms with Crippen molar-refractivity contribution >= 4 is 17.7 Å². The SMILES string of the molecule is CCOC(=O)C1=C(C)C(C(=O)OC(C)(C)C)=N[C@@H]1C. The average Bonchev–Trinajstić information content (AvgIpc) is 2.52. The summed E-state index contributed by atoms with van der Waals surface area (Å²) in [6.45, 7) is 10.8. The van der Waals surface area contributed by atoms with Gasteiger partial charge < -0.3 is 9.47 Å². The number of rotatable bonds is 3. The summed E-state index contributed by atoms with van der Waals surface area (Å²) in [7, 11) is 0. The number of hydrogen-bond acceptors (Lipinski definition) is 5. The molecule has 0 saturated heterocycles. The molecule has 5 nitrogen and oxygen atoms in total. The van der Waals surface area contributed by atoms with Crippen molar-refractivity contribution in [3.8, 4) is 0 Å². The summed E-state index contributed by atoms with van der Waals surface area (Å²) in [5.41, 5.74) is 0.601. The molecule has 0 spiro atoms. The number of ether oxygens (including phenoxy) is 2. The van der Waals surface area contributed by atoms with Crippen LogP contribution in [-0.2, 0) is 19.1 Å². The maximum absolute atomic E-state index is 12.0. The molecule has 0 bridgehead atoms. The lowest BCUT2D eigenvalue weighted by molar-refractivity contribution is -0.146. The van der Waals surface area contributed by atoms with Crippen molar-refractivity contribution in [1.29, 1.82) is 0 Å². The Morgan fingerprint density at radius 1 is 1.26 bits per heavy atom. The van der Waals surface area contributed by atoms with E-state index in [4.69, 9.17) is 9.47 Å². The molecule has 1 atom stereocenters. The molecule has 0 aliphatic carbocycles. The van der Waals surface area contributed by atoms with Crippen molar-refractivity contribution in [2.24, 2.45) is 4.99 Å². The average molecular weight is 267 g/mol. The van der Waals surface area contributed by atoms with Crippen LogP contribution in [0.3, 0.4) is 0 Å². The van der Waals surface area contributed by atoms with E-state index in [1.54, 1.807) is 41.5 Å². The second kappa shape index (κ2) is 5.55. The summed E-state index contributed by atoms with van der Waals surface area (Å²) >= 11 is 0. The summed E-state index contributed by atoms with van der Waals surface area (Å²) in [5.74, 6) is -0.925. The Labute approximate surface area is 113 Å². The lowest BCUT2D eigenvalue weighted by Gasteiger charge is -2.19. The van der Waals surface area contributed by atoms with Crippen molar-refractivity contribution < 1.29 is 19.1 Å². The van der Waals surface area contributed by atoms with Crippen LogP contribution in [0.5, 0.6) is 0 Å². The Bertz CT molecular complexity index is 455. The van der Waals surface area contributed by atoms with Crippen LogP contribution in [0, 0.1) is 0 Å². The molecule has 0 N–H and O–H groups in total. The van der Waals surface area contributed by atoms with Crippen molar-refractivity contribution in [2.75, 3.05) is 6.61 Å². The van der Waals surface area contributed by atoms with Crippen LogP contribution in [0.25, 0.3) is 0 Å². The molecule has 0 aromatic rings. The van der Waals surface area contributed by atoms with E-state index in [0.717, 1.165) is 0 Å². The lowest BCUT2D eigenvalue weighted by Crippen LogP contribution is -2.29. The largest absolute Gasteiger partial charge is 0.463 e. The van der Waals surface area contributed by atoms with Gasteiger partial charge in [0.2, 0.25) is 0 Å². The summed E-state index contributed by atoms with van der Waals surface area (Å²) in [6, 6.07) is -0.374. The number of carbonyl (C=O) groups excluding carboxylic acids is 2. The third-order valence-electron chi connectivity index (χ3n) is 2.59. The zero-order valence-corrected chi connectivity index (χ0v) is 12.4. The quantitative estimate of drug-likeness (QED) is 0.734. The molecule has 0 aromatic heterocycles. The van der Waals surface area contributed by atoms with Crippen molar-refractivity contribution in [3.05, 3.63) is 11.1 Å². The van der Waals surface area contributed by atoms with Gasteiger partial charge in [-0.2, -0.15) is 0 Å². The van der Waals surface area contributed by atoms with Crippen molar-refractivity contribution in [2.45, 2.75) is 53.2 Å². The molecule has 5 heteroatoms. The van der Waals surface area contributed by atoms with Crippen LogP contribution < -0.4 is 0 Å². The van der Waals surface area contributed by atoms with Crippen LogP contribution in [0.2, 0.25) is 0 Å². The van der Waals surface area contributed by atoms with Gasteiger partial charge in [-0.25, -0.2) is 9.59 Å². The highest BCUT2D eigenvalue weighted by atomic mass is 16.6. The Morgan fingerprint density at radius 3 is 2.32 bits per heavy atom. The summed E-state index contributed by atoms with van der Waals surface area (Å²) in [6.07, 6.45) is 0. The maximum Gasteiger partial charge on any atom is 0.357 e. The van der Waals surface area contributed by atoms with Gasteiger partial charge in [0, 0.05) is 0 Å². The third kappa shape index (κ3) is 3.66. The molecular weight excluding hydrogens is 246 g/mol. The summed E-state index contributed by atoms with van der Waals surface area (Å²) in [4.78, 5) is 28.0. The van der Waals surface area contributed by atoms with E-state index >= 15 is 0 Å². The molecule has 1 rings (SSSR count). The first-order chi connectivity index (χ1) is 8.67. The molecule has 0 aromatic carbocycles. The fourth-order valence-electron chi connectivity index (χ4n) is 1.86. The highest BCUT2D eigenvalue weighted by Gasteiger charge is 2.33. The molecule has 0 radical (unpaired) electrons. The normalized spacial score (nSPS) is 19.3. The molecule has 1 heterocycles. The molecule has 0 fully saturated rings. The fourth-order valence-corrected chi connectivity index (χ4v) is 1.86.